The largest absolute Gasteiger partial charge is 0.493 e. The fourth-order valence-corrected chi connectivity index (χ4v) is 3.63. The lowest BCUT2D eigenvalue weighted by atomic mass is 10.0. The second kappa shape index (κ2) is 7.87. The van der Waals surface area contributed by atoms with Crippen LogP contribution in [0.4, 0.5) is 0 Å². The molecule has 0 aliphatic carbocycles. The molecular formula is C21H24N2O3. The number of carbonyl (C=O) groups excluding carboxylic acids is 1. The van der Waals surface area contributed by atoms with E-state index in [1.807, 2.05) is 41.4 Å². The Kier molecular flexibility index (Phi) is 5.16. The van der Waals surface area contributed by atoms with Crippen LogP contribution in [0.3, 0.4) is 0 Å². The molecule has 2 aliphatic heterocycles. The third kappa shape index (κ3) is 3.88. The fourth-order valence-electron chi connectivity index (χ4n) is 3.63. The van der Waals surface area contributed by atoms with Gasteiger partial charge in [-0.05, 0) is 61.1 Å². The van der Waals surface area contributed by atoms with Crippen LogP contribution in [0.15, 0.2) is 42.7 Å². The van der Waals surface area contributed by atoms with Crippen molar-refractivity contribution in [2.45, 2.75) is 38.4 Å². The number of benzene rings is 1. The molecule has 26 heavy (non-hydrogen) atoms. The number of fused-ring (bicyclic) bond motifs is 1. The molecule has 0 N–H and O–H groups in total. The number of piperidine rings is 1. The first-order chi connectivity index (χ1) is 12.8. The first-order valence-corrected chi connectivity index (χ1v) is 9.35. The van der Waals surface area contributed by atoms with Crippen molar-refractivity contribution in [2.24, 2.45) is 0 Å². The molecule has 4 rings (SSSR count). The summed E-state index contributed by atoms with van der Waals surface area (Å²) >= 11 is 0. The highest BCUT2D eigenvalue weighted by Crippen LogP contribution is 2.26. The summed E-state index contributed by atoms with van der Waals surface area (Å²) in [4.78, 5) is 19.0. The number of ether oxygens (including phenoxy) is 2. The fraction of sp³-hybridized carbons (Fsp3) is 0.429. The van der Waals surface area contributed by atoms with Crippen molar-refractivity contribution < 1.29 is 14.3 Å². The van der Waals surface area contributed by atoms with Gasteiger partial charge < -0.3 is 14.4 Å². The Morgan fingerprint density at radius 2 is 2.27 bits per heavy atom. The van der Waals surface area contributed by atoms with Gasteiger partial charge in [0.2, 0.25) is 0 Å². The minimum atomic E-state index is 0.0777. The van der Waals surface area contributed by atoms with Gasteiger partial charge in [0.1, 0.15) is 5.75 Å². The van der Waals surface area contributed by atoms with Gasteiger partial charge in [0.05, 0.1) is 19.3 Å². The van der Waals surface area contributed by atoms with Gasteiger partial charge in [-0.3, -0.25) is 9.78 Å². The van der Waals surface area contributed by atoms with Crippen LogP contribution in [0.1, 0.15) is 40.7 Å². The van der Waals surface area contributed by atoms with Gasteiger partial charge >= 0.3 is 0 Å². The second-order valence-corrected chi connectivity index (χ2v) is 6.96. The molecule has 1 amide bonds. The summed E-state index contributed by atoms with van der Waals surface area (Å²) < 4.78 is 11.7. The predicted octanol–water partition coefficient (Wildman–Crippen LogP) is 3.23. The van der Waals surface area contributed by atoms with E-state index in [2.05, 4.69) is 4.98 Å². The SMILES string of the molecule is O=C(c1ccc2c(c1)CCCO2)N1CCC[C@@H](OCc2cccnc2)C1. The molecule has 1 aromatic heterocycles. The number of aryl methyl sites for hydroxylation is 1. The molecule has 3 heterocycles. The van der Waals surface area contributed by atoms with E-state index in [1.54, 1.807) is 6.20 Å². The zero-order chi connectivity index (χ0) is 17.8. The molecule has 0 bridgehead atoms. The monoisotopic (exact) mass is 352 g/mol. The van der Waals surface area contributed by atoms with E-state index in [9.17, 15) is 4.79 Å². The Bertz CT molecular complexity index is 763. The van der Waals surface area contributed by atoms with Crippen LogP contribution >= 0.6 is 0 Å². The van der Waals surface area contributed by atoms with E-state index < -0.39 is 0 Å². The summed E-state index contributed by atoms with van der Waals surface area (Å²) in [5.74, 6) is 1.01. The highest BCUT2D eigenvalue weighted by molar-refractivity contribution is 5.94. The summed E-state index contributed by atoms with van der Waals surface area (Å²) in [6, 6.07) is 9.73. The number of hydrogen-bond donors (Lipinski definition) is 0. The molecule has 0 saturated carbocycles. The van der Waals surface area contributed by atoms with E-state index in [0.29, 0.717) is 13.2 Å². The molecule has 0 unspecified atom stereocenters. The van der Waals surface area contributed by atoms with Crippen molar-refractivity contribution in [1.29, 1.82) is 0 Å². The highest BCUT2D eigenvalue weighted by atomic mass is 16.5. The van der Waals surface area contributed by atoms with E-state index in [1.165, 1.54) is 0 Å². The van der Waals surface area contributed by atoms with Gasteiger partial charge in [-0.2, -0.15) is 0 Å². The Hall–Kier alpha value is -2.40. The lowest BCUT2D eigenvalue weighted by Crippen LogP contribution is -2.43. The van der Waals surface area contributed by atoms with Crippen LogP contribution in [-0.2, 0) is 17.8 Å². The van der Waals surface area contributed by atoms with Gasteiger partial charge in [0, 0.05) is 31.0 Å². The predicted molar refractivity (Wildman–Crippen MR) is 98.2 cm³/mol. The summed E-state index contributed by atoms with van der Waals surface area (Å²) in [6.07, 6.45) is 7.61. The number of hydrogen-bond acceptors (Lipinski definition) is 4. The second-order valence-electron chi connectivity index (χ2n) is 6.96. The normalized spacial score (nSPS) is 19.5. The molecule has 0 radical (unpaired) electrons. The molecule has 1 fully saturated rings. The van der Waals surface area contributed by atoms with E-state index in [4.69, 9.17) is 9.47 Å². The number of nitrogens with zero attached hydrogens (tertiary/aromatic N) is 2. The topological polar surface area (TPSA) is 51.7 Å². The molecular weight excluding hydrogens is 328 g/mol. The first-order valence-electron chi connectivity index (χ1n) is 9.35. The van der Waals surface area contributed by atoms with E-state index >= 15 is 0 Å². The molecule has 5 nitrogen and oxygen atoms in total. The van der Waals surface area contributed by atoms with Crippen molar-refractivity contribution in [3.63, 3.8) is 0 Å². The molecule has 1 atom stereocenters. The van der Waals surface area contributed by atoms with Crippen LogP contribution in [-0.4, -0.2) is 41.6 Å². The maximum Gasteiger partial charge on any atom is 0.253 e. The number of pyridine rings is 1. The van der Waals surface area contributed by atoms with Crippen molar-refractivity contribution in [2.75, 3.05) is 19.7 Å². The number of likely N-dealkylation sites (tertiary alicyclic amines) is 1. The van der Waals surface area contributed by atoms with Gasteiger partial charge in [0.25, 0.3) is 5.91 Å². The van der Waals surface area contributed by atoms with Crippen LogP contribution in [0.25, 0.3) is 0 Å². The summed E-state index contributed by atoms with van der Waals surface area (Å²) in [6.45, 7) is 2.74. The minimum Gasteiger partial charge on any atom is -0.493 e. The van der Waals surface area contributed by atoms with Crippen molar-refractivity contribution in [3.8, 4) is 5.75 Å². The van der Waals surface area contributed by atoms with E-state index in [-0.39, 0.29) is 12.0 Å². The number of amides is 1. The third-order valence-electron chi connectivity index (χ3n) is 5.03. The molecule has 136 valence electrons. The standard InChI is InChI=1S/C21H24N2O3/c24-21(18-7-8-20-17(12-18)5-3-11-25-20)23-10-2-6-19(14-23)26-15-16-4-1-9-22-13-16/h1,4,7-9,12-13,19H,2-3,5-6,10-11,14-15H2/t19-/m1/s1. The van der Waals surface area contributed by atoms with Gasteiger partial charge in [0.15, 0.2) is 0 Å². The molecule has 1 aromatic carbocycles. The summed E-state index contributed by atoms with van der Waals surface area (Å²) in [5, 5.41) is 0. The average Bonchev–Trinajstić information content (AvgIpc) is 2.72. The van der Waals surface area contributed by atoms with Crippen LogP contribution < -0.4 is 4.74 Å². The summed E-state index contributed by atoms with van der Waals surface area (Å²) in [5.41, 5.74) is 2.95. The van der Waals surface area contributed by atoms with E-state index in [0.717, 1.165) is 61.3 Å². The Morgan fingerprint density at radius 1 is 1.31 bits per heavy atom. The van der Waals surface area contributed by atoms with Gasteiger partial charge in [-0.25, -0.2) is 0 Å². The minimum absolute atomic E-state index is 0.0777. The number of carbonyl (C=O) groups is 1. The molecule has 1 saturated heterocycles. The Morgan fingerprint density at radius 3 is 3.15 bits per heavy atom. The number of rotatable bonds is 4. The quantitative estimate of drug-likeness (QED) is 0.848. The van der Waals surface area contributed by atoms with Gasteiger partial charge in [-0.1, -0.05) is 6.07 Å². The maximum atomic E-state index is 12.9. The van der Waals surface area contributed by atoms with Crippen molar-refractivity contribution >= 4 is 5.91 Å². The maximum absolute atomic E-state index is 12.9. The van der Waals surface area contributed by atoms with Crippen molar-refractivity contribution in [3.05, 3.63) is 59.4 Å². The lowest BCUT2D eigenvalue weighted by molar-refractivity contribution is -0.00681. The lowest BCUT2D eigenvalue weighted by Gasteiger charge is -2.33. The van der Waals surface area contributed by atoms with Crippen LogP contribution in [0.5, 0.6) is 5.75 Å². The first kappa shape index (κ1) is 17.0. The smallest absolute Gasteiger partial charge is 0.253 e. The van der Waals surface area contributed by atoms with Crippen molar-refractivity contribution in [1.82, 2.24) is 9.88 Å². The molecule has 0 spiro atoms. The van der Waals surface area contributed by atoms with Crippen LogP contribution in [0.2, 0.25) is 0 Å². The summed E-state index contributed by atoms with van der Waals surface area (Å²) in [7, 11) is 0. The Balaban J connectivity index is 1.38. The molecule has 2 aliphatic rings. The zero-order valence-corrected chi connectivity index (χ0v) is 14.9. The zero-order valence-electron chi connectivity index (χ0n) is 14.9. The Labute approximate surface area is 153 Å². The highest BCUT2D eigenvalue weighted by Gasteiger charge is 2.25. The number of aromatic nitrogens is 1. The van der Waals surface area contributed by atoms with Gasteiger partial charge in [-0.15, -0.1) is 0 Å². The molecule has 2 aromatic rings. The van der Waals surface area contributed by atoms with Crippen LogP contribution in [0, 0.1) is 0 Å². The average molecular weight is 352 g/mol. The third-order valence-corrected chi connectivity index (χ3v) is 5.03. The molecule has 5 heteroatoms.